The molecule has 0 bridgehead atoms. The van der Waals surface area contributed by atoms with Gasteiger partial charge in [-0.2, -0.15) is 9.69 Å². The first-order valence-electron chi connectivity index (χ1n) is 12.0. The van der Waals surface area contributed by atoms with Gasteiger partial charge in [0.1, 0.15) is 12.3 Å². The van der Waals surface area contributed by atoms with Crippen molar-refractivity contribution in [3.63, 3.8) is 0 Å². The molecule has 0 saturated heterocycles. The van der Waals surface area contributed by atoms with Crippen LogP contribution in [0.5, 0.6) is 0 Å². The molecule has 3 aromatic rings. The van der Waals surface area contributed by atoms with Gasteiger partial charge in [-0.05, 0) is 63.1 Å². The molecule has 0 radical (unpaired) electrons. The third-order valence-electron chi connectivity index (χ3n) is 6.23. The minimum absolute atomic E-state index is 0.219. The Morgan fingerprint density at radius 3 is 2.08 bits per heavy atom. The van der Waals surface area contributed by atoms with Crippen molar-refractivity contribution >= 4 is 46.5 Å². The van der Waals surface area contributed by atoms with E-state index in [9.17, 15) is 9.59 Å². The van der Waals surface area contributed by atoms with Gasteiger partial charge in [0.25, 0.3) is 0 Å². The molecule has 200 valence electrons. The van der Waals surface area contributed by atoms with Crippen LogP contribution in [0.25, 0.3) is 5.70 Å². The molecule has 1 aliphatic heterocycles. The van der Waals surface area contributed by atoms with Crippen LogP contribution in [0.2, 0.25) is 10.0 Å². The van der Waals surface area contributed by atoms with Gasteiger partial charge in [-0.3, -0.25) is 4.68 Å². The number of aromatic carboxylic acids is 1. The predicted octanol–water partition coefficient (Wildman–Crippen LogP) is 5.89. The summed E-state index contributed by atoms with van der Waals surface area (Å²) in [6, 6.07) is 11.3. The molecule has 2 heterocycles. The van der Waals surface area contributed by atoms with E-state index in [1.807, 2.05) is 64.2 Å². The number of halogens is 2. The monoisotopic (exact) mass is 557 g/mol. The summed E-state index contributed by atoms with van der Waals surface area (Å²) in [5, 5.41) is 18.2. The van der Waals surface area contributed by atoms with Crippen LogP contribution in [0.15, 0.2) is 59.5 Å². The summed E-state index contributed by atoms with van der Waals surface area (Å²) in [4.78, 5) is 23.3. The summed E-state index contributed by atoms with van der Waals surface area (Å²) < 4.78 is 7.12. The number of carboxylic acids is 1. The smallest absolute Gasteiger partial charge is 0.346 e. The van der Waals surface area contributed by atoms with E-state index < -0.39 is 11.9 Å². The number of rotatable bonds is 6. The van der Waals surface area contributed by atoms with Gasteiger partial charge in [-0.25, -0.2) is 9.59 Å². The number of aryl methyl sites for hydroxylation is 3. The quantitative estimate of drug-likeness (QED) is 0.301. The molecule has 1 N–H and O–H groups in total. The van der Waals surface area contributed by atoms with Gasteiger partial charge in [0, 0.05) is 34.4 Å². The number of hydrogen-bond acceptors (Lipinski definition) is 5. The lowest BCUT2D eigenvalue weighted by Crippen LogP contribution is -2.35. The van der Waals surface area contributed by atoms with Crippen molar-refractivity contribution in [3.8, 4) is 0 Å². The van der Waals surface area contributed by atoms with Gasteiger partial charge < -0.3 is 9.84 Å². The SMILES string of the molecule is CCOC(=O)C1=C(c2cc(Cl)ccc2C)[N+](C)(CC)N=C1c1cc(Cl)ccc1C.Cn1cc(C(=O)O)cn1. The van der Waals surface area contributed by atoms with E-state index in [1.54, 1.807) is 14.0 Å². The topological polar surface area (TPSA) is 93.8 Å². The molecule has 0 amide bonds. The molecule has 38 heavy (non-hydrogen) atoms. The average Bonchev–Trinajstić information content (AvgIpc) is 3.44. The first-order valence-corrected chi connectivity index (χ1v) is 12.8. The lowest BCUT2D eigenvalue weighted by Gasteiger charge is -2.26. The van der Waals surface area contributed by atoms with E-state index in [0.29, 0.717) is 27.9 Å². The van der Waals surface area contributed by atoms with Crippen molar-refractivity contribution in [2.75, 3.05) is 20.2 Å². The number of quaternary nitrogens is 1. The van der Waals surface area contributed by atoms with Crippen molar-refractivity contribution in [1.29, 1.82) is 0 Å². The second kappa shape index (κ2) is 11.9. The van der Waals surface area contributed by atoms with Gasteiger partial charge in [0.05, 0.1) is 25.4 Å². The zero-order valence-electron chi connectivity index (χ0n) is 22.2. The van der Waals surface area contributed by atoms with E-state index in [1.165, 1.54) is 17.1 Å². The summed E-state index contributed by atoms with van der Waals surface area (Å²) in [5.74, 6) is -1.33. The third-order valence-corrected chi connectivity index (χ3v) is 6.70. The third kappa shape index (κ3) is 6.15. The fraction of sp³-hybridized carbons (Fsp3) is 0.286. The molecule has 1 aromatic heterocycles. The summed E-state index contributed by atoms with van der Waals surface area (Å²) in [5.41, 5.74) is 5.80. The Hall–Kier alpha value is -3.46. The number of hydrogen-bond donors (Lipinski definition) is 1. The van der Waals surface area contributed by atoms with Crippen LogP contribution in [0, 0.1) is 13.8 Å². The zero-order valence-corrected chi connectivity index (χ0v) is 23.8. The minimum atomic E-state index is -0.942. The highest BCUT2D eigenvalue weighted by atomic mass is 35.5. The Morgan fingerprint density at radius 2 is 1.61 bits per heavy atom. The molecule has 4 rings (SSSR count). The number of carbonyl (C=O) groups is 2. The Bertz CT molecular complexity index is 1440. The van der Waals surface area contributed by atoms with E-state index in [4.69, 9.17) is 38.1 Å². The van der Waals surface area contributed by atoms with Gasteiger partial charge in [-0.1, -0.05) is 40.4 Å². The second-order valence-electron chi connectivity index (χ2n) is 8.97. The van der Waals surface area contributed by atoms with Gasteiger partial charge >= 0.3 is 11.9 Å². The minimum Gasteiger partial charge on any atom is -0.478 e. The Kier molecular flexibility index (Phi) is 9.14. The maximum absolute atomic E-state index is 13.2. The van der Waals surface area contributed by atoms with Crippen molar-refractivity contribution in [2.45, 2.75) is 27.7 Å². The zero-order chi connectivity index (χ0) is 28.2. The number of benzene rings is 2. The first kappa shape index (κ1) is 29.1. The molecule has 1 unspecified atom stereocenters. The van der Waals surface area contributed by atoms with Crippen LogP contribution in [-0.4, -0.2) is 57.3 Å². The van der Waals surface area contributed by atoms with E-state index in [2.05, 4.69) is 5.10 Å². The molecule has 0 saturated carbocycles. The summed E-state index contributed by atoms with van der Waals surface area (Å²) in [6.07, 6.45) is 2.75. The first-order chi connectivity index (χ1) is 17.9. The van der Waals surface area contributed by atoms with Crippen molar-refractivity contribution in [1.82, 2.24) is 9.78 Å². The maximum atomic E-state index is 13.2. The van der Waals surface area contributed by atoms with E-state index in [-0.39, 0.29) is 16.8 Å². The van der Waals surface area contributed by atoms with E-state index >= 15 is 0 Å². The van der Waals surface area contributed by atoms with Crippen molar-refractivity contribution < 1.29 is 24.0 Å². The maximum Gasteiger partial charge on any atom is 0.346 e. The Morgan fingerprint density at radius 1 is 1.03 bits per heavy atom. The standard InChI is InChI=1S/C23H25Cl2N2O2.C5H6N2O2/c1-6-27(5)22(19-13-17(25)11-9-15(19)4)20(23(28)29-7-2)21(26-27)18-12-16(24)10-8-14(18)3;1-7-3-4(2-6-7)5(8)9/h8-13H,6-7H2,1-5H3;2-3H,1H3,(H,8,9)/q+1;. The Balaban J connectivity index is 0.000000375. The van der Waals surface area contributed by atoms with Crippen LogP contribution in [0.4, 0.5) is 0 Å². The second-order valence-corrected chi connectivity index (χ2v) is 9.85. The van der Waals surface area contributed by atoms with E-state index in [0.717, 1.165) is 28.0 Å². The fourth-order valence-electron chi connectivity index (χ4n) is 4.11. The van der Waals surface area contributed by atoms with Gasteiger partial charge in [0.2, 0.25) is 0 Å². The average molecular weight is 558 g/mol. The summed E-state index contributed by atoms with van der Waals surface area (Å²) in [6.45, 7) is 8.77. The van der Waals surface area contributed by atoms with Gasteiger partial charge in [-0.15, -0.1) is 0 Å². The fourth-order valence-corrected chi connectivity index (χ4v) is 4.46. The molecular formula is C28H31Cl2N4O4+. The summed E-state index contributed by atoms with van der Waals surface area (Å²) >= 11 is 12.6. The highest BCUT2D eigenvalue weighted by molar-refractivity contribution is 6.34. The largest absolute Gasteiger partial charge is 0.478 e. The molecule has 1 atom stereocenters. The van der Waals surface area contributed by atoms with Crippen LogP contribution in [0.1, 0.15) is 46.5 Å². The van der Waals surface area contributed by atoms with Crippen molar-refractivity contribution in [3.05, 3.63) is 92.2 Å². The number of aromatic nitrogens is 2. The lowest BCUT2D eigenvalue weighted by atomic mass is 9.94. The van der Waals surface area contributed by atoms with Crippen molar-refractivity contribution in [2.24, 2.45) is 12.1 Å². The van der Waals surface area contributed by atoms with Gasteiger partial charge in [0.15, 0.2) is 11.3 Å². The van der Waals surface area contributed by atoms with Crippen LogP contribution < -0.4 is 0 Å². The van der Waals surface area contributed by atoms with Crippen LogP contribution >= 0.6 is 23.2 Å². The highest BCUT2D eigenvalue weighted by Gasteiger charge is 2.45. The molecule has 0 aliphatic carbocycles. The molecule has 1 aliphatic rings. The molecule has 8 nitrogen and oxygen atoms in total. The normalized spacial score (nSPS) is 16.6. The number of nitrogens with zero attached hydrogens (tertiary/aromatic N) is 4. The molecule has 10 heteroatoms. The number of ether oxygens (including phenoxy) is 1. The highest BCUT2D eigenvalue weighted by Crippen LogP contribution is 2.40. The lowest BCUT2D eigenvalue weighted by molar-refractivity contribution is -0.842. The number of carboxylic acid groups (broad SMARTS) is 1. The molecular weight excluding hydrogens is 527 g/mol. The molecule has 0 spiro atoms. The molecule has 2 aromatic carbocycles. The van der Waals surface area contributed by atoms with Crippen LogP contribution in [0.3, 0.4) is 0 Å². The Labute approximate surface area is 232 Å². The van der Waals surface area contributed by atoms with Crippen LogP contribution in [-0.2, 0) is 16.6 Å². The predicted molar refractivity (Wildman–Crippen MR) is 149 cm³/mol. The number of carbonyl (C=O) groups excluding carboxylic acids is 1. The molecule has 0 fully saturated rings. The summed E-state index contributed by atoms with van der Waals surface area (Å²) in [7, 11) is 3.66. The number of esters is 1.